The van der Waals surface area contributed by atoms with Crippen molar-refractivity contribution in [3.63, 3.8) is 0 Å². The number of nitrogens with zero attached hydrogens (tertiary/aromatic N) is 1. The van der Waals surface area contributed by atoms with Crippen molar-refractivity contribution >= 4 is 17.6 Å². The number of hydrogen-bond donors (Lipinski definition) is 2. The van der Waals surface area contributed by atoms with Crippen molar-refractivity contribution in [2.75, 3.05) is 0 Å². The van der Waals surface area contributed by atoms with Crippen molar-refractivity contribution in [3.8, 4) is 0 Å². The maximum atomic E-state index is 11.8. The zero-order chi connectivity index (χ0) is 12.2. The number of unbranched alkanes of at least 4 members (excludes halogenated alkanes) is 1. The summed E-state index contributed by atoms with van der Waals surface area (Å²) in [5, 5.41) is 12.6. The fourth-order valence-electron chi connectivity index (χ4n) is 2.03. The van der Waals surface area contributed by atoms with Gasteiger partial charge in [0.1, 0.15) is 0 Å². The molecule has 2 N–H and O–H groups in total. The van der Waals surface area contributed by atoms with Crippen LogP contribution in [0.2, 0.25) is 0 Å². The summed E-state index contributed by atoms with van der Waals surface area (Å²) in [6.45, 7) is 3.83. The van der Waals surface area contributed by atoms with Gasteiger partial charge in [-0.2, -0.15) is 5.10 Å². The molecule has 0 aromatic rings. The Morgan fingerprint density at radius 2 is 2.19 bits per heavy atom. The predicted octanol–water partition coefficient (Wildman–Crippen LogP) is 1.53. The van der Waals surface area contributed by atoms with Crippen molar-refractivity contribution in [2.45, 2.75) is 46.0 Å². The van der Waals surface area contributed by atoms with Crippen LogP contribution in [0.4, 0.5) is 0 Å². The van der Waals surface area contributed by atoms with Gasteiger partial charge in [-0.3, -0.25) is 9.59 Å². The van der Waals surface area contributed by atoms with E-state index < -0.39 is 11.4 Å². The highest BCUT2D eigenvalue weighted by Crippen LogP contribution is 2.35. The standard InChI is InChI=1S/C11H18N2O3/c1-3-4-6-11(7-5-9(14)15)8(2)12-13-10(11)16/h3-7H2,1-2H3,(H,13,16)(H,14,15). The smallest absolute Gasteiger partial charge is 0.303 e. The van der Waals surface area contributed by atoms with Crippen LogP contribution in [-0.4, -0.2) is 22.7 Å². The summed E-state index contributed by atoms with van der Waals surface area (Å²) in [5.41, 5.74) is 2.48. The van der Waals surface area contributed by atoms with E-state index in [1.165, 1.54) is 0 Å². The monoisotopic (exact) mass is 226 g/mol. The van der Waals surface area contributed by atoms with Crippen molar-refractivity contribution in [1.29, 1.82) is 0 Å². The Bertz CT molecular complexity index is 325. The first kappa shape index (κ1) is 12.7. The molecule has 0 aromatic carbocycles. The van der Waals surface area contributed by atoms with Crippen LogP contribution >= 0.6 is 0 Å². The molecule has 1 aliphatic heterocycles. The number of carbonyl (C=O) groups is 2. The summed E-state index contributed by atoms with van der Waals surface area (Å²) in [4.78, 5) is 22.4. The minimum atomic E-state index is -0.872. The SMILES string of the molecule is CCCCC1(CCC(=O)O)C(=O)NN=C1C. The van der Waals surface area contributed by atoms with Crippen LogP contribution in [-0.2, 0) is 9.59 Å². The minimum absolute atomic E-state index is 0.00396. The second kappa shape index (κ2) is 5.09. The van der Waals surface area contributed by atoms with Gasteiger partial charge >= 0.3 is 5.97 Å². The predicted molar refractivity (Wildman–Crippen MR) is 60.1 cm³/mol. The number of hydrogen-bond acceptors (Lipinski definition) is 3. The zero-order valence-corrected chi connectivity index (χ0v) is 9.75. The lowest BCUT2D eigenvalue weighted by atomic mass is 9.75. The second-order valence-electron chi connectivity index (χ2n) is 4.22. The maximum Gasteiger partial charge on any atom is 0.303 e. The molecule has 0 aliphatic carbocycles. The van der Waals surface area contributed by atoms with E-state index in [4.69, 9.17) is 5.11 Å². The van der Waals surface area contributed by atoms with Crippen molar-refractivity contribution < 1.29 is 14.7 Å². The quantitative estimate of drug-likeness (QED) is 0.721. The minimum Gasteiger partial charge on any atom is -0.481 e. The number of carboxylic acid groups (broad SMARTS) is 1. The van der Waals surface area contributed by atoms with Gasteiger partial charge in [0.2, 0.25) is 0 Å². The number of nitrogens with one attached hydrogen (secondary N) is 1. The van der Waals surface area contributed by atoms with Crippen molar-refractivity contribution in [1.82, 2.24) is 5.43 Å². The van der Waals surface area contributed by atoms with Gasteiger partial charge in [-0.15, -0.1) is 0 Å². The van der Waals surface area contributed by atoms with E-state index in [1.54, 1.807) is 6.92 Å². The van der Waals surface area contributed by atoms with Crippen LogP contribution in [0.1, 0.15) is 46.0 Å². The van der Waals surface area contributed by atoms with Crippen molar-refractivity contribution in [2.24, 2.45) is 10.5 Å². The molecule has 1 unspecified atom stereocenters. The van der Waals surface area contributed by atoms with Gasteiger partial charge in [0.15, 0.2) is 0 Å². The van der Waals surface area contributed by atoms with Gasteiger partial charge in [0.25, 0.3) is 5.91 Å². The summed E-state index contributed by atoms with van der Waals surface area (Å²) >= 11 is 0. The van der Waals surface area contributed by atoms with E-state index in [0.717, 1.165) is 12.8 Å². The third kappa shape index (κ3) is 2.40. The molecule has 90 valence electrons. The highest BCUT2D eigenvalue weighted by molar-refractivity contribution is 6.11. The third-order valence-corrected chi connectivity index (χ3v) is 3.18. The van der Waals surface area contributed by atoms with E-state index in [-0.39, 0.29) is 12.3 Å². The molecule has 5 heteroatoms. The van der Waals surface area contributed by atoms with Crippen LogP contribution < -0.4 is 5.43 Å². The lowest BCUT2D eigenvalue weighted by molar-refractivity contribution is -0.138. The Morgan fingerprint density at radius 3 is 2.62 bits per heavy atom. The highest BCUT2D eigenvalue weighted by atomic mass is 16.4. The van der Waals surface area contributed by atoms with Gasteiger partial charge in [0.05, 0.1) is 11.1 Å². The number of hydrazone groups is 1. The average Bonchev–Trinajstić information content (AvgIpc) is 2.51. The van der Waals surface area contributed by atoms with Crippen LogP contribution in [0.3, 0.4) is 0 Å². The molecule has 0 radical (unpaired) electrons. The molecule has 0 saturated carbocycles. The Hall–Kier alpha value is -1.39. The van der Waals surface area contributed by atoms with Crippen molar-refractivity contribution in [3.05, 3.63) is 0 Å². The van der Waals surface area contributed by atoms with E-state index in [0.29, 0.717) is 18.6 Å². The molecule has 0 saturated heterocycles. The normalized spacial score (nSPS) is 24.1. The lowest BCUT2D eigenvalue weighted by Gasteiger charge is -2.25. The Kier molecular flexibility index (Phi) is 4.04. The summed E-state index contributed by atoms with van der Waals surface area (Å²) < 4.78 is 0. The first-order valence-corrected chi connectivity index (χ1v) is 5.60. The Balaban J connectivity index is 2.79. The molecule has 0 spiro atoms. The fourth-order valence-corrected chi connectivity index (χ4v) is 2.03. The summed E-state index contributed by atoms with van der Waals surface area (Å²) in [6, 6.07) is 0. The average molecular weight is 226 g/mol. The zero-order valence-electron chi connectivity index (χ0n) is 9.75. The molecular formula is C11H18N2O3. The van der Waals surface area contributed by atoms with Gasteiger partial charge in [-0.25, -0.2) is 5.43 Å². The number of rotatable bonds is 6. The highest BCUT2D eigenvalue weighted by Gasteiger charge is 2.44. The molecule has 16 heavy (non-hydrogen) atoms. The van der Waals surface area contributed by atoms with Crippen LogP contribution in [0.5, 0.6) is 0 Å². The van der Waals surface area contributed by atoms with Gasteiger partial charge in [0, 0.05) is 6.42 Å². The molecule has 0 fully saturated rings. The third-order valence-electron chi connectivity index (χ3n) is 3.18. The van der Waals surface area contributed by atoms with Gasteiger partial charge < -0.3 is 5.11 Å². The van der Waals surface area contributed by atoms with E-state index in [9.17, 15) is 9.59 Å². The van der Waals surface area contributed by atoms with Gasteiger partial charge in [-0.1, -0.05) is 19.8 Å². The summed E-state index contributed by atoms with van der Waals surface area (Å²) in [5.74, 6) is -1.02. The molecule has 1 aliphatic rings. The largest absolute Gasteiger partial charge is 0.481 e. The van der Waals surface area contributed by atoms with E-state index in [1.807, 2.05) is 6.92 Å². The number of carboxylic acids is 1. The summed E-state index contributed by atoms with van der Waals surface area (Å²) in [7, 11) is 0. The molecular weight excluding hydrogens is 208 g/mol. The Morgan fingerprint density at radius 1 is 1.50 bits per heavy atom. The molecule has 1 atom stereocenters. The lowest BCUT2D eigenvalue weighted by Crippen LogP contribution is -2.37. The molecule has 5 nitrogen and oxygen atoms in total. The van der Waals surface area contributed by atoms with Crippen LogP contribution in [0.15, 0.2) is 5.10 Å². The van der Waals surface area contributed by atoms with E-state index in [2.05, 4.69) is 10.5 Å². The fraction of sp³-hybridized carbons (Fsp3) is 0.727. The molecule has 0 bridgehead atoms. The molecule has 1 amide bonds. The van der Waals surface area contributed by atoms with Gasteiger partial charge in [-0.05, 0) is 19.8 Å². The second-order valence-corrected chi connectivity index (χ2v) is 4.22. The number of amides is 1. The number of aliphatic carboxylic acids is 1. The molecule has 0 aromatic heterocycles. The van der Waals surface area contributed by atoms with Crippen LogP contribution in [0, 0.1) is 5.41 Å². The van der Waals surface area contributed by atoms with Crippen LogP contribution in [0.25, 0.3) is 0 Å². The number of carbonyl (C=O) groups excluding carboxylic acids is 1. The van der Waals surface area contributed by atoms with E-state index >= 15 is 0 Å². The topological polar surface area (TPSA) is 78.8 Å². The maximum absolute atomic E-state index is 11.8. The molecule has 1 rings (SSSR count). The first-order chi connectivity index (χ1) is 7.53. The Labute approximate surface area is 94.9 Å². The first-order valence-electron chi connectivity index (χ1n) is 5.60. The summed E-state index contributed by atoms with van der Waals surface area (Å²) in [6.07, 6.45) is 2.90. The molecule has 1 heterocycles.